The van der Waals surface area contributed by atoms with Crippen molar-refractivity contribution in [1.29, 1.82) is 0 Å². The minimum Gasteiger partial charge on any atom is -0.481 e. The van der Waals surface area contributed by atoms with E-state index in [9.17, 15) is 4.79 Å². The fourth-order valence-electron chi connectivity index (χ4n) is 3.04. The van der Waals surface area contributed by atoms with Crippen LogP contribution in [0.25, 0.3) is 0 Å². The van der Waals surface area contributed by atoms with Crippen molar-refractivity contribution >= 4 is 5.97 Å². The molecule has 17 heavy (non-hydrogen) atoms. The first-order chi connectivity index (χ1) is 7.96. The number of nitrogens with zero attached hydrogens (tertiary/aromatic N) is 1. The molecule has 2 fully saturated rings. The predicted octanol–water partition coefficient (Wildman–Crippen LogP) is 1.88. The Morgan fingerprint density at radius 1 is 1.47 bits per heavy atom. The van der Waals surface area contributed by atoms with Gasteiger partial charge in [0.25, 0.3) is 0 Å². The molecule has 98 valence electrons. The third-order valence-electron chi connectivity index (χ3n) is 3.90. The van der Waals surface area contributed by atoms with Crippen molar-refractivity contribution < 1.29 is 14.6 Å². The van der Waals surface area contributed by atoms with E-state index in [-0.39, 0.29) is 18.1 Å². The van der Waals surface area contributed by atoms with Crippen LogP contribution in [-0.4, -0.2) is 46.8 Å². The quantitative estimate of drug-likeness (QED) is 0.816. The number of hydrogen-bond donors (Lipinski definition) is 1. The van der Waals surface area contributed by atoms with Gasteiger partial charge in [0, 0.05) is 12.6 Å². The van der Waals surface area contributed by atoms with Crippen molar-refractivity contribution in [2.75, 3.05) is 13.1 Å². The molecule has 2 aliphatic heterocycles. The van der Waals surface area contributed by atoms with E-state index in [0.717, 1.165) is 38.8 Å². The molecule has 0 aliphatic carbocycles. The molecule has 2 saturated heterocycles. The zero-order valence-electron chi connectivity index (χ0n) is 10.8. The first kappa shape index (κ1) is 12.8. The van der Waals surface area contributed by atoms with Gasteiger partial charge in [0.2, 0.25) is 0 Å². The highest BCUT2D eigenvalue weighted by atomic mass is 16.5. The number of carboxylic acid groups (broad SMARTS) is 1. The summed E-state index contributed by atoms with van der Waals surface area (Å²) in [6.45, 7) is 6.19. The molecule has 0 aromatic carbocycles. The maximum atomic E-state index is 10.8. The van der Waals surface area contributed by atoms with Crippen molar-refractivity contribution in [1.82, 2.24) is 4.90 Å². The predicted molar refractivity (Wildman–Crippen MR) is 65.0 cm³/mol. The van der Waals surface area contributed by atoms with Crippen LogP contribution in [-0.2, 0) is 9.53 Å². The van der Waals surface area contributed by atoms with Crippen LogP contribution >= 0.6 is 0 Å². The minimum absolute atomic E-state index is 0.00663. The SMILES string of the molecule is CC1(C)CCC(CN2CCCC2CC(=O)O)O1. The van der Waals surface area contributed by atoms with Crippen molar-refractivity contribution in [2.24, 2.45) is 0 Å². The molecule has 0 aromatic rings. The van der Waals surface area contributed by atoms with Gasteiger partial charge in [-0.05, 0) is 46.1 Å². The first-order valence-corrected chi connectivity index (χ1v) is 6.60. The van der Waals surface area contributed by atoms with Crippen LogP contribution in [0.15, 0.2) is 0 Å². The summed E-state index contributed by atoms with van der Waals surface area (Å²) in [5.41, 5.74) is 0.00663. The summed E-state index contributed by atoms with van der Waals surface area (Å²) in [4.78, 5) is 13.1. The normalized spacial score (nSPS) is 33.1. The van der Waals surface area contributed by atoms with Crippen molar-refractivity contribution in [3.8, 4) is 0 Å². The van der Waals surface area contributed by atoms with Gasteiger partial charge in [0.05, 0.1) is 18.1 Å². The topological polar surface area (TPSA) is 49.8 Å². The summed E-state index contributed by atoms with van der Waals surface area (Å²) in [6.07, 6.45) is 4.91. The highest BCUT2D eigenvalue weighted by Gasteiger charge is 2.35. The van der Waals surface area contributed by atoms with E-state index >= 15 is 0 Å². The Hall–Kier alpha value is -0.610. The molecule has 1 N–H and O–H groups in total. The summed E-state index contributed by atoms with van der Waals surface area (Å²) >= 11 is 0. The van der Waals surface area contributed by atoms with E-state index in [4.69, 9.17) is 9.84 Å². The molecule has 0 amide bonds. The van der Waals surface area contributed by atoms with Crippen LogP contribution < -0.4 is 0 Å². The second-order valence-electron chi connectivity index (χ2n) is 5.93. The Labute approximate surface area is 103 Å². The molecule has 0 spiro atoms. The molecule has 2 heterocycles. The van der Waals surface area contributed by atoms with Gasteiger partial charge in [-0.15, -0.1) is 0 Å². The van der Waals surface area contributed by atoms with Crippen molar-refractivity contribution in [3.63, 3.8) is 0 Å². The fraction of sp³-hybridized carbons (Fsp3) is 0.923. The number of carboxylic acids is 1. The lowest BCUT2D eigenvalue weighted by Crippen LogP contribution is -2.38. The van der Waals surface area contributed by atoms with Gasteiger partial charge in [-0.1, -0.05) is 0 Å². The second kappa shape index (κ2) is 4.94. The van der Waals surface area contributed by atoms with Crippen LogP contribution in [0.2, 0.25) is 0 Å². The van der Waals surface area contributed by atoms with Crippen molar-refractivity contribution in [2.45, 2.75) is 63.7 Å². The molecular weight excluding hydrogens is 218 g/mol. The summed E-state index contributed by atoms with van der Waals surface area (Å²) in [7, 11) is 0. The zero-order chi connectivity index (χ0) is 12.5. The first-order valence-electron chi connectivity index (χ1n) is 6.60. The lowest BCUT2D eigenvalue weighted by atomic mass is 10.1. The summed E-state index contributed by atoms with van der Waals surface area (Å²) in [5, 5.41) is 8.88. The monoisotopic (exact) mass is 241 g/mol. The second-order valence-corrected chi connectivity index (χ2v) is 5.93. The molecule has 0 bridgehead atoms. The van der Waals surface area contributed by atoms with Gasteiger partial charge < -0.3 is 9.84 Å². The van der Waals surface area contributed by atoms with Crippen molar-refractivity contribution in [3.05, 3.63) is 0 Å². The highest BCUT2D eigenvalue weighted by molar-refractivity contribution is 5.67. The third-order valence-corrected chi connectivity index (χ3v) is 3.90. The summed E-state index contributed by atoms with van der Waals surface area (Å²) in [6, 6.07) is 0.222. The van der Waals surface area contributed by atoms with Gasteiger partial charge >= 0.3 is 5.97 Å². The van der Waals surface area contributed by atoms with Gasteiger partial charge in [-0.25, -0.2) is 0 Å². The molecular formula is C13H23NO3. The lowest BCUT2D eigenvalue weighted by molar-refractivity contribution is -0.138. The van der Waals surface area contributed by atoms with E-state index in [1.807, 2.05) is 0 Å². The number of rotatable bonds is 4. The molecule has 4 heteroatoms. The van der Waals surface area contributed by atoms with Gasteiger partial charge in [0.1, 0.15) is 0 Å². The molecule has 2 atom stereocenters. The van der Waals surface area contributed by atoms with E-state index in [2.05, 4.69) is 18.7 Å². The molecule has 2 rings (SSSR count). The number of hydrogen-bond acceptors (Lipinski definition) is 3. The average Bonchev–Trinajstić information content (AvgIpc) is 2.74. The van der Waals surface area contributed by atoms with Crippen LogP contribution in [0.1, 0.15) is 46.0 Å². The van der Waals surface area contributed by atoms with Gasteiger partial charge in [0.15, 0.2) is 0 Å². The Bertz CT molecular complexity index is 290. The van der Waals surface area contributed by atoms with E-state index in [1.165, 1.54) is 0 Å². The van der Waals surface area contributed by atoms with E-state index in [0.29, 0.717) is 6.10 Å². The van der Waals surface area contributed by atoms with Crippen LogP contribution in [0.5, 0.6) is 0 Å². The van der Waals surface area contributed by atoms with E-state index < -0.39 is 5.97 Å². The van der Waals surface area contributed by atoms with Crippen LogP contribution in [0.4, 0.5) is 0 Å². The van der Waals surface area contributed by atoms with Crippen LogP contribution in [0.3, 0.4) is 0 Å². The Morgan fingerprint density at radius 3 is 2.82 bits per heavy atom. The summed E-state index contributed by atoms with van der Waals surface area (Å²) in [5.74, 6) is -0.686. The zero-order valence-corrected chi connectivity index (χ0v) is 10.8. The molecule has 2 aliphatic rings. The number of likely N-dealkylation sites (tertiary alicyclic amines) is 1. The molecule has 0 aromatic heterocycles. The summed E-state index contributed by atoms with van der Waals surface area (Å²) < 4.78 is 5.97. The average molecular weight is 241 g/mol. The number of ether oxygens (including phenoxy) is 1. The van der Waals surface area contributed by atoms with Gasteiger partial charge in [-0.3, -0.25) is 9.69 Å². The number of carbonyl (C=O) groups is 1. The Balaban J connectivity index is 1.84. The molecule has 0 radical (unpaired) electrons. The maximum Gasteiger partial charge on any atom is 0.304 e. The van der Waals surface area contributed by atoms with Gasteiger partial charge in [-0.2, -0.15) is 0 Å². The third kappa shape index (κ3) is 3.42. The van der Waals surface area contributed by atoms with Crippen LogP contribution in [0, 0.1) is 0 Å². The fourth-order valence-corrected chi connectivity index (χ4v) is 3.04. The molecule has 4 nitrogen and oxygen atoms in total. The lowest BCUT2D eigenvalue weighted by Gasteiger charge is -2.27. The Kier molecular flexibility index (Phi) is 3.73. The maximum absolute atomic E-state index is 10.8. The van der Waals surface area contributed by atoms with E-state index in [1.54, 1.807) is 0 Å². The molecule has 0 saturated carbocycles. The smallest absolute Gasteiger partial charge is 0.304 e. The minimum atomic E-state index is -0.686. The number of aliphatic carboxylic acids is 1. The Morgan fingerprint density at radius 2 is 2.24 bits per heavy atom. The highest BCUT2D eigenvalue weighted by Crippen LogP contribution is 2.31. The largest absolute Gasteiger partial charge is 0.481 e. The standard InChI is InChI=1S/C13H23NO3/c1-13(2)6-5-11(17-13)9-14-7-3-4-10(14)8-12(15)16/h10-11H,3-9H2,1-2H3,(H,15,16). The molecule has 2 unspecified atom stereocenters.